The molecule has 72 valence electrons. The summed E-state index contributed by atoms with van der Waals surface area (Å²) in [5, 5.41) is 2.54. The van der Waals surface area contributed by atoms with Crippen molar-refractivity contribution >= 4 is 23.8 Å². The number of carbonyl (C=O) groups excluding carboxylic acids is 1. The van der Waals surface area contributed by atoms with E-state index in [4.69, 9.17) is 11.6 Å². The Bertz CT molecular complexity index is 372. The Balaban J connectivity index is 2.24. The van der Waals surface area contributed by atoms with Crippen molar-refractivity contribution in [1.82, 2.24) is 5.32 Å². The van der Waals surface area contributed by atoms with Gasteiger partial charge in [-0.15, -0.1) is 11.6 Å². The second kappa shape index (κ2) is 3.80. The van der Waals surface area contributed by atoms with Crippen molar-refractivity contribution in [1.29, 1.82) is 0 Å². The third kappa shape index (κ3) is 1.63. The van der Waals surface area contributed by atoms with Gasteiger partial charge >= 0.3 is 0 Å². The molecule has 1 aliphatic rings. The highest BCUT2D eigenvalue weighted by Gasteiger charge is 2.21. The first-order valence-corrected chi connectivity index (χ1v) is 4.81. The van der Waals surface area contributed by atoms with Crippen LogP contribution in [0.3, 0.4) is 0 Å². The van der Waals surface area contributed by atoms with E-state index in [1.54, 1.807) is 0 Å². The Kier molecular flexibility index (Phi) is 2.50. The number of amides is 1. The molecule has 1 N–H and O–H groups in total. The highest BCUT2D eigenvalue weighted by Crippen LogP contribution is 2.20. The minimum Gasteiger partial charge on any atom is -0.315 e. The first-order valence-electron chi connectivity index (χ1n) is 4.28. The summed E-state index contributed by atoms with van der Waals surface area (Å²) in [6, 6.07) is 7.18. The quantitative estimate of drug-likeness (QED) is 0.738. The monoisotopic (exact) mass is 208 g/mol. The van der Waals surface area contributed by atoms with Crippen LogP contribution in [0.2, 0.25) is 0 Å². The summed E-state index contributed by atoms with van der Waals surface area (Å²) in [5.41, 5.74) is 1.93. The standard InChI is InChI=1S/C10H9ClN2O/c11-5-7-1-3-8(4-2-7)9-10(14)13-6-12-9/h1-4,6,9H,5H2,(H,12,13,14). The highest BCUT2D eigenvalue weighted by molar-refractivity contribution is 6.17. The minimum absolute atomic E-state index is 0.0800. The van der Waals surface area contributed by atoms with Crippen LogP contribution in [0.1, 0.15) is 17.2 Å². The smallest absolute Gasteiger partial charge is 0.254 e. The van der Waals surface area contributed by atoms with Gasteiger partial charge in [0.1, 0.15) is 0 Å². The number of alkyl halides is 1. The lowest BCUT2D eigenvalue weighted by Crippen LogP contribution is -2.19. The molecule has 0 saturated carbocycles. The van der Waals surface area contributed by atoms with Gasteiger partial charge < -0.3 is 5.32 Å². The van der Waals surface area contributed by atoms with E-state index in [1.165, 1.54) is 6.34 Å². The van der Waals surface area contributed by atoms with Crippen LogP contribution in [-0.4, -0.2) is 12.2 Å². The fraction of sp³-hybridized carbons (Fsp3) is 0.200. The molecule has 1 aliphatic heterocycles. The number of nitrogens with one attached hydrogen (secondary N) is 1. The van der Waals surface area contributed by atoms with Gasteiger partial charge in [0.05, 0.1) is 6.34 Å². The van der Waals surface area contributed by atoms with Crippen LogP contribution in [0, 0.1) is 0 Å². The molecule has 0 saturated heterocycles. The van der Waals surface area contributed by atoms with E-state index in [0.717, 1.165) is 11.1 Å². The van der Waals surface area contributed by atoms with E-state index < -0.39 is 0 Å². The first kappa shape index (κ1) is 9.21. The molecular formula is C10H9ClN2O. The molecule has 14 heavy (non-hydrogen) atoms. The topological polar surface area (TPSA) is 41.5 Å². The fourth-order valence-corrected chi connectivity index (χ4v) is 1.53. The lowest BCUT2D eigenvalue weighted by atomic mass is 10.1. The summed E-state index contributed by atoms with van der Waals surface area (Å²) in [6.07, 6.45) is 1.43. The lowest BCUT2D eigenvalue weighted by molar-refractivity contribution is -0.120. The van der Waals surface area contributed by atoms with Gasteiger partial charge in [-0.2, -0.15) is 0 Å². The van der Waals surface area contributed by atoms with Crippen LogP contribution in [0.15, 0.2) is 29.3 Å². The Morgan fingerprint density at radius 1 is 1.36 bits per heavy atom. The van der Waals surface area contributed by atoms with Crippen molar-refractivity contribution in [3.05, 3.63) is 35.4 Å². The number of nitrogens with zero attached hydrogens (tertiary/aromatic N) is 1. The Labute approximate surface area is 86.8 Å². The van der Waals surface area contributed by atoms with Crippen LogP contribution in [0.5, 0.6) is 0 Å². The molecule has 0 spiro atoms. The van der Waals surface area contributed by atoms with Crippen molar-refractivity contribution in [2.75, 3.05) is 0 Å². The fourth-order valence-electron chi connectivity index (χ4n) is 1.35. The maximum atomic E-state index is 11.3. The van der Waals surface area contributed by atoms with E-state index in [9.17, 15) is 4.79 Å². The van der Waals surface area contributed by atoms with Gasteiger partial charge in [0.2, 0.25) is 0 Å². The predicted octanol–water partition coefficient (Wildman–Crippen LogP) is 1.62. The summed E-state index contributed by atoms with van der Waals surface area (Å²) in [4.78, 5) is 15.3. The van der Waals surface area contributed by atoms with Crippen LogP contribution in [0.25, 0.3) is 0 Å². The summed E-state index contributed by atoms with van der Waals surface area (Å²) >= 11 is 5.66. The van der Waals surface area contributed by atoms with E-state index in [2.05, 4.69) is 10.3 Å². The number of hydrogen-bond acceptors (Lipinski definition) is 2. The van der Waals surface area contributed by atoms with Gasteiger partial charge in [0, 0.05) is 5.88 Å². The molecule has 0 aliphatic carbocycles. The first-order chi connectivity index (χ1) is 6.81. The third-order valence-electron chi connectivity index (χ3n) is 2.13. The molecular weight excluding hydrogens is 200 g/mol. The number of benzene rings is 1. The lowest BCUT2D eigenvalue weighted by Gasteiger charge is -2.05. The Morgan fingerprint density at radius 3 is 2.57 bits per heavy atom. The van der Waals surface area contributed by atoms with Gasteiger partial charge in [-0.3, -0.25) is 9.79 Å². The summed E-state index contributed by atoms with van der Waals surface area (Å²) in [5.74, 6) is 0.407. The maximum absolute atomic E-state index is 11.3. The molecule has 1 amide bonds. The Morgan fingerprint density at radius 2 is 2.07 bits per heavy atom. The zero-order valence-corrected chi connectivity index (χ0v) is 8.16. The van der Waals surface area contributed by atoms with Gasteiger partial charge in [-0.1, -0.05) is 24.3 Å². The van der Waals surface area contributed by atoms with Gasteiger partial charge in [-0.25, -0.2) is 0 Å². The molecule has 1 heterocycles. The van der Waals surface area contributed by atoms with Gasteiger partial charge in [0.25, 0.3) is 5.91 Å². The average Bonchev–Trinajstić information content (AvgIpc) is 2.65. The average molecular weight is 209 g/mol. The minimum atomic E-state index is -0.389. The second-order valence-corrected chi connectivity index (χ2v) is 3.33. The van der Waals surface area contributed by atoms with Gasteiger partial charge in [-0.05, 0) is 11.1 Å². The molecule has 0 bridgehead atoms. The van der Waals surface area contributed by atoms with Crippen LogP contribution < -0.4 is 5.32 Å². The summed E-state index contributed by atoms with van der Waals surface area (Å²) in [6.45, 7) is 0. The number of aliphatic imine (C=N–C) groups is 1. The molecule has 2 rings (SSSR count). The zero-order valence-electron chi connectivity index (χ0n) is 7.40. The number of hydrogen-bond donors (Lipinski definition) is 1. The van der Waals surface area contributed by atoms with E-state index in [0.29, 0.717) is 5.88 Å². The summed E-state index contributed by atoms with van der Waals surface area (Å²) < 4.78 is 0. The van der Waals surface area contributed by atoms with Crippen molar-refractivity contribution < 1.29 is 4.79 Å². The summed E-state index contributed by atoms with van der Waals surface area (Å²) in [7, 11) is 0. The second-order valence-electron chi connectivity index (χ2n) is 3.06. The third-order valence-corrected chi connectivity index (χ3v) is 2.44. The zero-order chi connectivity index (χ0) is 9.97. The molecule has 1 atom stereocenters. The molecule has 1 unspecified atom stereocenters. The molecule has 0 radical (unpaired) electrons. The number of halogens is 1. The van der Waals surface area contributed by atoms with Crippen molar-refractivity contribution in [2.24, 2.45) is 4.99 Å². The molecule has 1 aromatic rings. The van der Waals surface area contributed by atoms with Gasteiger partial charge in [0.15, 0.2) is 6.04 Å². The highest BCUT2D eigenvalue weighted by atomic mass is 35.5. The van der Waals surface area contributed by atoms with E-state index in [1.807, 2.05) is 24.3 Å². The van der Waals surface area contributed by atoms with Crippen molar-refractivity contribution in [2.45, 2.75) is 11.9 Å². The number of rotatable bonds is 2. The molecule has 0 aromatic heterocycles. The van der Waals surface area contributed by atoms with Crippen LogP contribution in [-0.2, 0) is 10.7 Å². The molecule has 4 heteroatoms. The largest absolute Gasteiger partial charge is 0.315 e. The van der Waals surface area contributed by atoms with Crippen molar-refractivity contribution in [3.8, 4) is 0 Å². The van der Waals surface area contributed by atoms with Crippen molar-refractivity contribution in [3.63, 3.8) is 0 Å². The molecule has 3 nitrogen and oxygen atoms in total. The Hall–Kier alpha value is -1.35. The van der Waals surface area contributed by atoms with Crippen LogP contribution in [0.4, 0.5) is 0 Å². The molecule has 1 aromatic carbocycles. The van der Waals surface area contributed by atoms with E-state index in [-0.39, 0.29) is 11.9 Å². The van der Waals surface area contributed by atoms with E-state index >= 15 is 0 Å². The predicted molar refractivity (Wildman–Crippen MR) is 55.4 cm³/mol. The van der Waals surface area contributed by atoms with Crippen LogP contribution >= 0.6 is 11.6 Å². The normalized spacial score (nSPS) is 19.8. The SMILES string of the molecule is O=C1NC=NC1c1ccc(CCl)cc1. The number of carbonyl (C=O) groups is 1. The maximum Gasteiger partial charge on any atom is 0.254 e. The molecule has 0 fully saturated rings.